The van der Waals surface area contributed by atoms with Gasteiger partial charge in [0.15, 0.2) is 0 Å². The Labute approximate surface area is 122 Å². The second-order valence-corrected chi connectivity index (χ2v) is 6.42. The molecule has 3 atom stereocenters. The van der Waals surface area contributed by atoms with Crippen LogP contribution in [0.4, 0.5) is 0 Å². The molecule has 0 aliphatic carbocycles. The summed E-state index contributed by atoms with van der Waals surface area (Å²) in [5, 5.41) is 4.46. The summed E-state index contributed by atoms with van der Waals surface area (Å²) in [6, 6.07) is 1.80. The van der Waals surface area contributed by atoms with E-state index in [2.05, 4.69) is 55.8 Å². The van der Waals surface area contributed by atoms with Crippen molar-refractivity contribution >= 4 is 0 Å². The molecule has 2 heterocycles. The van der Waals surface area contributed by atoms with Gasteiger partial charge >= 0.3 is 0 Å². The molecule has 1 saturated heterocycles. The van der Waals surface area contributed by atoms with E-state index in [-0.39, 0.29) is 6.04 Å². The van der Waals surface area contributed by atoms with E-state index in [0.717, 1.165) is 13.1 Å². The van der Waals surface area contributed by atoms with Crippen molar-refractivity contribution in [3.8, 4) is 0 Å². The molecule has 2 rings (SSSR count). The van der Waals surface area contributed by atoms with Gasteiger partial charge in [-0.2, -0.15) is 5.10 Å². The van der Waals surface area contributed by atoms with Gasteiger partial charge in [-0.1, -0.05) is 0 Å². The van der Waals surface area contributed by atoms with E-state index in [1.54, 1.807) is 0 Å². The summed E-state index contributed by atoms with van der Waals surface area (Å²) in [5.41, 5.74) is 7.30. The highest BCUT2D eigenvalue weighted by Crippen LogP contribution is 2.25. The molecule has 5 heteroatoms. The lowest BCUT2D eigenvalue weighted by Gasteiger charge is -2.45. The largest absolute Gasteiger partial charge is 0.329 e. The van der Waals surface area contributed by atoms with Crippen LogP contribution in [0.15, 0.2) is 12.4 Å². The summed E-state index contributed by atoms with van der Waals surface area (Å²) in [7, 11) is 2.21. The van der Waals surface area contributed by atoms with Crippen LogP contribution < -0.4 is 5.73 Å². The number of piperazine rings is 1. The molecule has 3 unspecified atom stereocenters. The zero-order chi connectivity index (χ0) is 14.9. The molecule has 0 bridgehead atoms. The minimum atomic E-state index is 0.279. The molecule has 0 spiro atoms. The Hall–Kier alpha value is -0.910. The highest BCUT2D eigenvalue weighted by molar-refractivity contribution is 5.12. The fraction of sp³-hybridized carbons (Fsp3) is 0.800. The van der Waals surface area contributed by atoms with Crippen LogP contribution in [0.3, 0.4) is 0 Å². The van der Waals surface area contributed by atoms with Crippen LogP contribution in [0, 0.1) is 0 Å². The van der Waals surface area contributed by atoms with E-state index in [0.29, 0.717) is 24.7 Å². The Kier molecular flexibility index (Phi) is 4.83. The van der Waals surface area contributed by atoms with E-state index in [1.165, 1.54) is 5.56 Å². The molecule has 1 aromatic rings. The Morgan fingerprint density at radius 2 is 1.90 bits per heavy atom. The van der Waals surface area contributed by atoms with Gasteiger partial charge in [0.25, 0.3) is 0 Å². The Balaban J connectivity index is 2.15. The molecule has 1 aliphatic rings. The quantitative estimate of drug-likeness (QED) is 0.907. The first-order valence-corrected chi connectivity index (χ1v) is 7.64. The smallest absolute Gasteiger partial charge is 0.0538 e. The lowest BCUT2D eigenvalue weighted by molar-refractivity contribution is 0.0351. The Bertz CT molecular complexity index is 416. The van der Waals surface area contributed by atoms with Gasteiger partial charge in [-0.3, -0.25) is 14.5 Å². The summed E-state index contributed by atoms with van der Waals surface area (Å²) in [4.78, 5) is 4.96. The Morgan fingerprint density at radius 3 is 2.35 bits per heavy atom. The van der Waals surface area contributed by atoms with Crippen LogP contribution in [0.5, 0.6) is 0 Å². The maximum atomic E-state index is 6.05. The maximum absolute atomic E-state index is 6.05. The molecule has 114 valence electrons. The van der Waals surface area contributed by atoms with Crippen LogP contribution in [0.2, 0.25) is 0 Å². The highest BCUT2D eigenvalue weighted by Gasteiger charge is 2.31. The molecule has 1 aliphatic heterocycles. The van der Waals surface area contributed by atoms with Gasteiger partial charge in [-0.25, -0.2) is 0 Å². The summed E-state index contributed by atoms with van der Waals surface area (Å²) < 4.78 is 2.01. The topological polar surface area (TPSA) is 50.3 Å². The standard InChI is InChI=1S/C15H29N5/c1-11(2)20-10-14(7-17-20)15(6-16)19-8-12(3)18(5)13(4)9-19/h7,10-13,15H,6,8-9,16H2,1-5H3. The predicted molar refractivity (Wildman–Crippen MR) is 82.7 cm³/mol. The van der Waals surface area contributed by atoms with Crippen molar-refractivity contribution in [1.82, 2.24) is 19.6 Å². The molecule has 0 saturated carbocycles. The third-order valence-corrected chi connectivity index (χ3v) is 4.59. The second-order valence-electron chi connectivity index (χ2n) is 6.42. The Morgan fingerprint density at radius 1 is 1.30 bits per heavy atom. The van der Waals surface area contributed by atoms with Crippen molar-refractivity contribution in [3.63, 3.8) is 0 Å². The summed E-state index contributed by atoms with van der Waals surface area (Å²) in [5.74, 6) is 0. The monoisotopic (exact) mass is 279 g/mol. The molecular weight excluding hydrogens is 250 g/mol. The number of likely N-dealkylation sites (N-methyl/N-ethyl adjacent to an activating group) is 1. The molecular formula is C15H29N5. The van der Waals surface area contributed by atoms with Crippen molar-refractivity contribution < 1.29 is 0 Å². The lowest BCUT2D eigenvalue weighted by Crippen LogP contribution is -2.56. The van der Waals surface area contributed by atoms with E-state index < -0.39 is 0 Å². The van der Waals surface area contributed by atoms with E-state index in [9.17, 15) is 0 Å². The first-order chi connectivity index (χ1) is 9.43. The minimum absolute atomic E-state index is 0.279. The second kappa shape index (κ2) is 6.24. The average Bonchev–Trinajstić information content (AvgIpc) is 2.86. The summed E-state index contributed by atoms with van der Waals surface area (Å²) in [6.07, 6.45) is 4.13. The molecule has 20 heavy (non-hydrogen) atoms. The third kappa shape index (κ3) is 3.05. The number of nitrogens with zero attached hydrogens (tertiary/aromatic N) is 4. The average molecular weight is 279 g/mol. The number of hydrogen-bond donors (Lipinski definition) is 1. The van der Waals surface area contributed by atoms with Gasteiger partial charge in [0.2, 0.25) is 0 Å². The van der Waals surface area contributed by atoms with Crippen LogP contribution in [-0.4, -0.2) is 58.3 Å². The van der Waals surface area contributed by atoms with Crippen molar-refractivity contribution in [2.24, 2.45) is 5.73 Å². The molecule has 5 nitrogen and oxygen atoms in total. The highest BCUT2D eigenvalue weighted by atomic mass is 15.3. The number of aromatic nitrogens is 2. The molecule has 0 amide bonds. The maximum Gasteiger partial charge on any atom is 0.0538 e. The van der Waals surface area contributed by atoms with E-state index in [1.807, 2.05) is 10.9 Å². The molecule has 1 aromatic heterocycles. The van der Waals surface area contributed by atoms with Crippen LogP contribution in [0.25, 0.3) is 0 Å². The van der Waals surface area contributed by atoms with Gasteiger partial charge < -0.3 is 5.73 Å². The van der Waals surface area contributed by atoms with Crippen molar-refractivity contribution in [2.45, 2.75) is 51.9 Å². The fourth-order valence-corrected chi connectivity index (χ4v) is 3.00. The van der Waals surface area contributed by atoms with E-state index >= 15 is 0 Å². The van der Waals surface area contributed by atoms with Gasteiger partial charge in [-0.15, -0.1) is 0 Å². The SMILES string of the molecule is CC1CN(C(CN)c2cnn(C(C)C)c2)CC(C)N1C. The van der Waals surface area contributed by atoms with Crippen molar-refractivity contribution in [1.29, 1.82) is 0 Å². The lowest BCUT2D eigenvalue weighted by atomic mass is 10.0. The number of rotatable bonds is 4. The molecule has 1 fully saturated rings. The first-order valence-electron chi connectivity index (χ1n) is 7.64. The molecule has 0 radical (unpaired) electrons. The van der Waals surface area contributed by atoms with Crippen LogP contribution in [0.1, 0.15) is 45.3 Å². The zero-order valence-electron chi connectivity index (χ0n) is 13.5. The molecule has 0 aromatic carbocycles. The zero-order valence-corrected chi connectivity index (χ0v) is 13.5. The third-order valence-electron chi connectivity index (χ3n) is 4.59. The van der Waals surface area contributed by atoms with Crippen molar-refractivity contribution in [3.05, 3.63) is 18.0 Å². The van der Waals surface area contributed by atoms with E-state index in [4.69, 9.17) is 5.73 Å². The summed E-state index contributed by atoms with van der Waals surface area (Å²) in [6.45, 7) is 11.6. The van der Waals surface area contributed by atoms with Gasteiger partial charge in [0.05, 0.1) is 12.2 Å². The summed E-state index contributed by atoms with van der Waals surface area (Å²) >= 11 is 0. The number of hydrogen-bond acceptors (Lipinski definition) is 4. The van der Waals surface area contributed by atoms with Crippen molar-refractivity contribution in [2.75, 3.05) is 26.7 Å². The first kappa shape index (κ1) is 15.5. The van der Waals surface area contributed by atoms with Gasteiger partial charge in [-0.05, 0) is 34.7 Å². The fourth-order valence-electron chi connectivity index (χ4n) is 3.00. The number of nitrogens with two attached hydrogens (primary N) is 1. The van der Waals surface area contributed by atoms with Gasteiger partial charge in [0.1, 0.15) is 0 Å². The normalized spacial score (nSPS) is 27.1. The van der Waals surface area contributed by atoms with Crippen LogP contribution >= 0.6 is 0 Å². The van der Waals surface area contributed by atoms with Crippen LogP contribution in [-0.2, 0) is 0 Å². The molecule has 2 N–H and O–H groups in total. The van der Waals surface area contributed by atoms with Gasteiger partial charge in [0, 0.05) is 49.5 Å². The minimum Gasteiger partial charge on any atom is -0.329 e. The predicted octanol–water partition coefficient (Wildman–Crippen LogP) is 1.49.